The molecular weight excluding hydrogens is 346 g/mol. The van der Waals surface area contributed by atoms with Gasteiger partial charge in [-0.05, 0) is 31.4 Å². The highest BCUT2D eigenvalue weighted by Crippen LogP contribution is 2.35. The summed E-state index contributed by atoms with van der Waals surface area (Å²) in [4.78, 5) is 9.37. The molecule has 4 nitrogen and oxygen atoms in total. The summed E-state index contributed by atoms with van der Waals surface area (Å²) in [6.07, 6.45) is 7.61. The fourth-order valence-corrected chi connectivity index (χ4v) is 4.08. The first kappa shape index (κ1) is 17.1. The Morgan fingerprint density at radius 2 is 1.79 bits per heavy atom. The van der Waals surface area contributed by atoms with E-state index in [1.807, 2.05) is 24.7 Å². The third-order valence-corrected chi connectivity index (χ3v) is 5.46. The first-order chi connectivity index (χ1) is 13.9. The fraction of sp³-hybridized carbons (Fsp3) is 0.250. The molecule has 2 aromatic carbocycles. The maximum atomic E-state index is 6.01. The lowest BCUT2D eigenvalue weighted by Gasteiger charge is -2.24. The number of hydrogen-bond acceptors (Lipinski definition) is 3. The summed E-state index contributed by atoms with van der Waals surface area (Å²) in [5.74, 6) is 0. The van der Waals surface area contributed by atoms with Crippen LogP contribution < -0.4 is 0 Å². The van der Waals surface area contributed by atoms with Crippen LogP contribution in [0.3, 0.4) is 0 Å². The number of hydrogen-bond donors (Lipinski definition) is 0. The van der Waals surface area contributed by atoms with Crippen molar-refractivity contribution >= 4 is 10.9 Å². The molecule has 0 saturated carbocycles. The number of pyridine rings is 1. The first-order valence-electron chi connectivity index (χ1n) is 9.96. The van der Waals surface area contributed by atoms with Crippen molar-refractivity contribution in [3.05, 3.63) is 73.2 Å². The largest absolute Gasteiger partial charge is 0.376 e. The predicted octanol–water partition coefficient (Wildman–Crippen LogP) is 5.33. The van der Waals surface area contributed by atoms with Crippen LogP contribution >= 0.6 is 0 Å². The average Bonchev–Trinajstić information content (AvgIpc) is 3.18. The molecule has 1 atom stereocenters. The van der Waals surface area contributed by atoms with E-state index in [2.05, 4.69) is 58.1 Å². The second kappa shape index (κ2) is 7.56. The third-order valence-electron chi connectivity index (χ3n) is 5.46. The number of nitrogens with zero attached hydrogens (tertiary/aromatic N) is 3. The minimum absolute atomic E-state index is 0.249. The molecule has 2 aromatic heterocycles. The number of benzene rings is 2. The van der Waals surface area contributed by atoms with Crippen LogP contribution in [0.25, 0.3) is 33.4 Å². The van der Waals surface area contributed by atoms with Crippen LogP contribution in [0, 0.1) is 0 Å². The minimum atomic E-state index is 0.249. The van der Waals surface area contributed by atoms with Crippen molar-refractivity contribution in [2.45, 2.75) is 31.9 Å². The second-order valence-electron chi connectivity index (χ2n) is 7.32. The van der Waals surface area contributed by atoms with Crippen LogP contribution in [0.15, 0.2) is 73.2 Å². The Labute approximate surface area is 164 Å². The molecule has 0 amide bonds. The van der Waals surface area contributed by atoms with Crippen LogP contribution in [0.2, 0.25) is 0 Å². The van der Waals surface area contributed by atoms with E-state index in [1.165, 1.54) is 6.42 Å². The number of imidazole rings is 1. The fourth-order valence-electron chi connectivity index (χ4n) is 4.08. The molecule has 1 aliphatic rings. The molecule has 0 N–H and O–H groups in total. The molecule has 28 heavy (non-hydrogen) atoms. The maximum absolute atomic E-state index is 6.01. The highest BCUT2D eigenvalue weighted by atomic mass is 16.5. The SMILES string of the molecule is c1ccc(-c2ncn(C[C@@H]3CCCCO3)c2-c2ccnc3ccccc23)cc1. The van der Waals surface area contributed by atoms with Crippen LogP contribution in [0.1, 0.15) is 19.3 Å². The van der Waals surface area contributed by atoms with Gasteiger partial charge in [-0.25, -0.2) is 4.98 Å². The summed E-state index contributed by atoms with van der Waals surface area (Å²) in [5.41, 5.74) is 5.44. The monoisotopic (exact) mass is 369 g/mol. The Bertz CT molecular complexity index is 1080. The van der Waals surface area contributed by atoms with Gasteiger partial charge in [-0.1, -0.05) is 48.5 Å². The third kappa shape index (κ3) is 3.20. The van der Waals surface area contributed by atoms with Crippen molar-refractivity contribution in [2.24, 2.45) is 0 Å². The molecule has 140 valence electrons. The molecule has 1 saturated heterocycles. The van der Waals surface area contributed by atoms with Crippen LogP contribution in [-0.4, -0.2) is 27.2 Å². The van der Waals surface area contributed by atoms with E-state index in [1.54, 1.807) is 0 Å². The molecule has 1 aliphatic heterocycles. The van der Waals surface area contributed by atoms with Gasteiger partial charge in [0, 0.05) is 29.3 Å². The molecule has 0 radical (unpaired) electrons. The van der Waals surface area contributed by atoms with Crippen molar-refractivity contribution in [1.82, 2.24) is 14.5 Å². The quantitative estimate of drug-likeness (QED) is 0.488. The van der Waals surface area contributed by atoms with Gasteiger partial charge in [-0.2, -0.15) is 0 Å². The minimum Gasteiger partial charge on any atom is -0.376 e. The van der Waals surface area contributed by atoms with E-state index in [0.29, 0.717) is 0 Å². The number of aromatic nitrogens is 3. The van der Waals surface area contributed by atoms with Crippen molar-refractivity contribution in [1.29, 1.82) is 0 Å². The predicted molar refractivity (Wildman–Crippen MR) is 112 cm³/mol. The van der Waals surface area contributed by atoms with E-state index in [-0.39, 0.29) is 6.10 Å². The Morgan fingerprint density at radius 3 is 2.64 bits per heavy atom. The van der Waals surface area contributed by atoms with Gasteiger partial charge in [0.1, 0.15) is 0 Å². The smallest absolute Gasteiger partial charge is 0.0963 e. The summed E-state index contributed by atoms with van der Waals surface area (Å²) in [6, 6.07) is 20.8. The summed E-state index contributed by atoms with van der Waals surface area (Å²) in [5, 5.41) is 1.15. The van der Waals surface area contributed by atoms with Gasteiger partial charge in [-0.3, -0.25) is 4.98 Å². The molecule has 0 unspecified atom stereocenters. The normalized spacial score (nSPS) is 17.1. The number of ether oxygens (including phenoxy) is 1. The lowest BCUT2D eigenvalue weighted by molar-refractivity contribution is 0.00623. The maximum Gasteiger partial charge on any atom is 0.0963 e. The zero-order chi connectivity index (χ0) is 18.8. The van der Waals surface area contributed by atoms with Gasteiger partial charge in [0.25, 0.3) is 0 Å². The first-order valence-corrected chi connectivity index (χ1v) is 9.96. The summed E-state index contributed by atoms with van der Waals surface area (Å²) < 4.78 is 8.28. The number of rotatable bonds is 4. The summed E-state index contributed by atoms with van der Waals surface area (Å²) >= 11 is 0. The van der Waals surface area contributed by atoms with E-state index >= 15 is 0 Å². The van der Waals surface area contributed by atoms with Crippen molar-refractivity contribution < 1.29 is 4.74 Å². The van der Waals surface area contributed by atoms with E-state index in [9.17, 15) is 0 Å². The van der Waals surface area contributed by atoms with Crippen molar-refractivity contribution in [3.63, 3.8) is 0 Å². The molecule has 0 aliphatic carbocycles. The van der Waals surface area contributed by atoms with Crippen LogP contribution in [0.4, 0.5) is 0 Å². The van der Waals surface area contributed by atoms with Crippen LogP contribution in [-0.2, 0) is 11.3 Å². The van der Waals surface area contributed by atoms with E-state index in [0.717, 1.165) is 59.4 Å². The molecule has 4 heteroatoms. The molecule has 4 aromatic rings. The Hall–Kier alpha value is -2.98. The zero-order valence-corrected chi connectivity index (χ0v) is 15.8. The standard InChI is InChI=1S/C24H23N3O/c1-2-8-18(9-3-1)23-24(21-13-14-25-22-12-5-4-11-20(21)22)27(17-26-23)16-19-10-6-7-15-28-19/h1-5,8-9,11-14,17,19H,6-7,10,15-16H2/t19-/m0/s1. The molecule has 5 rings (SSSR count). The topological polar surface area (TPSA) is 39.9 Å². The van der Waals surface area contributed by atoms with Gasteiger partial charge in [0.15, 0.2) is 0 Å². The molecule has 3 heterocycles. The Kier molecular flexibility index (Phi) is 4.63. The van der Waals surface area contributed by atoms with Crippen molar-refractivity contribution in [3.8, 4) is 22.5 Å². The Morgan fingerprint density at radius 1 is 0.929 bits per heavy atom. The van der Waals surface area contributed by atoms with E-state index in [4.69, 9.17) is 9.72 Å². The van der Waals surface area contributed by atoms with Crippen molar-refractivity contribution in [2.75, 3.05) is 6.61 Å². The molecule has 0 bridgehead atoms. The van der Waals surface area contributed by atoms with Gasteiger partial charge in [0.2, 0.25) is 0 Å². The lowest BCUT2D eigenvalue weighted by Crippen LogP contribution is -2.24. The highest BCUT2D eigenvalue weighted by Gasteiger charge is 2.21. The summed E-state index contributed by atoms with van der Waals surface area (Å²) in [6.45, 7) is 1.68. The molecule has 1 fully saturated rings. The molecular formula is C24H23N3O. The summed E-state index contributed by atoms with van der Waals surface area (Å²) in [7, 11) is 0. The number of fused-ring (bicyclic) bond motifs is 1. The number of para-hydroxylation sites is 1. The molecule has 0 spiro atoms. The Balaban J connectivity index is 1.68. The average molecular weight is 369 g/mol. The highest BCUT2D eigenvalue weighted by molar-refractivity contribution is 5.96. The van der Waals surface area contributed by atoms with Gasteiger partial charge < -0.3 is 9.30 Å². The van der Waals surface area contributed by atoms with Gasteiger partial charge >= 0.3 is 0 Å². The zero-order valence-electron chi connectivity index (χ0n) is 15.8. The van der Waals surface area contributed by atoms with Gasteiger partial charge in [0.05, 0.1) is 35.9 Å². The lowest BCUT2D eigenvalue weighted by atomic mass is 10.0. The second-order valence-corrected chi connectivity index (χ2v) is 7.32. The van der Waals surface area contributed by atoms with E-state index < -0.39 is 0 Å². The van der Waals surface area contributed by atoms with Gasteiger partial charge in [-0.15, -0.1) is 0 Å². The van der Waals surface area contributed by atoms with Crippen LogP contribution in [0.5, 0.6) is 0 Å².